The van der Waals surface area contributed by atoms with Crippen molar-refractivity contribution < 1.29 is 0 Å². The first-order valence-corrected chi connectivity index (χ1v) is 8.47. The fourth-order valence-corrected chi connectivity index (χ4v) is 3.42. The van der Waals surface area contributed by atoms with Crippen LogP contribution in [0.15, 0.2) is 24.5 Å². The molecule has 5 N–H and O–H groups in total. The highest BCUT2D eigenvalue weighted by Gasteiger charge is 2.17. The zero-order chi connectivity index (χ0) is 16.2. The van der Waals surface area contributed by atoms with Gasteiger partial charge in [-0.2, -0.15) is 0 Å². The van der Waals surface area contributed by atoms with Crippen LogP contribution < -0.4 is 11.5 Å². The Balaban J connectivity index is 2.04. The van der Waals surface area contributed by atoms with E-state index in [4.69, 9.17) is 11.5 Å². The molecule has 1 aromatic carbocycles. The summed E-state index contributed by atoms with van der Waals surface area (Å²) in [4.78, 5) is 12.1. The van der Waals surface area contributed by atoms with E-state index >= 15 is 0 Å². The fraction of sp³-hybridized carbons (Fsp3) is 0.444. The minimum absolute atomic E-state index is 0.488. The number of imidazole rings is 1. The van der Waals surface area contributed by atoms with Gasteiger partial charge in [-0.25, -0.2) is 9.97 Å². The topological polar surface area (TPSA) is 93.6 Å². The summed E-state index contributed by atoms with van der Waals surface area (Å²) in [6.45, 7) is 3.03. The van der Waals surface area contributed by atoms with Gasteiger partial charge in [-0.15, -0.1) is 0 Å². The number of unbranched alkanes of at least 4 members (excludes halogenated alkanes) is 2. The number of hydrogen-bond acceptors (Lipinski definition) is 4. The van der Waals surface area contributed by atoms with E-state index in [2.05, 4.69) is 34.0 Å². The number of aromatic nitrogens is 3. The highest BCUT2D eigenvalue weighted by molar-refractivity contribution is 6.07. The van der Waals surface area contributed by atoms with E-state index < -0.39 is 0 Å². The maximum atomic E-state index is 6.03. The van der Waals surface area contributed by atoms with Crippen molar-refractivity contribution in [3.8, 4) is 0 Å². The van der Waals surface area contributed by atoms with Crippen molar-refractivity contribution in [1.29, 1.82) is 0 Å². The number of rotatable bonds is 7. The third-order valence-corrected chi connectivity index (χ3v) is 4.64. The predicted molar refractivity (Wildman–Crippen MR) is 96.4 cm³/mol. The van der Waals surface area contributed by atoms with Gasteiger partial charge in [0, 0.05) is 5.39 Å². The molecule has 0 bridgehead atoms. The molecule has 0 saturated carbocycles. The third kappa shape index (κ3) is 3.01. The van der Waals surface area contributed by atoms with Crippen LogP contribution in [0, 0.1) is 0 Å². The number of anilines is 1. The SMILES string of the molecule is CCC(CCCCCN)c1cccc2nc(N)c3nc[nH]c3c12. The molecule has 0 spiro atoms. The summed E-state index contributed by atoms with van der Waals surface area (Å²) >= 11 is 0. The van der Waals surface area contributed by atoms with Crippen molar-refractivity contribution in [2.24, 2.45) is 5.73 Å². The van der Waals surface area contributed by atoms with Crippen molar-refractivity contribution in [2.75, 3.05) is 12.3 Å². The molecule has 23 heavy (non-hydrogen) atoms. The molecular weight excluding hydrogens is 286 g/mol. The zero-order valence-electron chi connectivity index (χ0n) is 13.7. The van der Waals surface area contributed by atoms with Gasteiger partial charge in [-0.3, -0.25) is 0 Å². The summed E-state index contributed by atoms with van der Waals surface area (Å²) in [6.07, 6.45) is 7.50. The van der Waals surface area contributed by atoms with E-state index in [1.165, 1.54) is 30.2 Å². The van der Waals surface area contributed by atoms with Crippen LogP contribution in [0.25, 0.3) is 21.9 Å². The number of pyridine rings is 1. The lowest BCUT2D eigenvalue weighted by Crippen LogP contribution is -2.02. The number of aromatic amines is 1. The minimum Gasteiger partial charge on any atom is -0.382 e. The van der Waals surface area contributed by atoms with E-state index in [1.54, 1.807) is 6.33 Å². The summed E-state index contributed by atoms with van der Waals surface area (Å²) in [5.41, 5.74) is 15.7. The number of nitrogens with one attached hydrogen (secondary N) is 1. The normalized spacial score (nSPS) is 13.0. The molecule has 0 saturated heterocycles. The fourth-order valence-electron chi connectivity index (χ4n) is 3.42. The van der Waals surface area contributed by atoms with Gasteiger partial charge in [0.2, 0.25) is 0 Å². The van der Waals surface area contributed by atoms with Gasteiger partial charge in [0.25, 0.3) is 0 Å². The standard InChI is InChI=1S/C18H25N5/c1-2-12(7-4-3-5-10-19)13-8-6-9-14-15(13)16-17(18(20)23-14)22-11-21-16/h6,8-9,11-12H,2-5,7,10,19H2,1H3,(H2,20,23)(H,21,22). The largest absolute Gasteiger partial charge is 0.382 e. The molecule has 0 aliphatic rings. The maximum absolute atomic E-state index is 6.03. The average molecular weight is 311 g/mol. The first kappa shape index (κ1) is 15.7. The first-order valence-electron chi connectivity index (χ1n) is 8.47. The monoisotopic (exact) mass is 311 g/mol. The van der Waals surface area contributed by atoms with Crippen molar-refractivity contribution >= 4 is 27.8 Å². The molecule has 0 fully saturated rings. The molecule has 1 atom stereocenters. The summed E-state index contributed by atoms with van der Waals surface area (Å²) in [5.74, 6) is 1.01. The number of nitrogens with two attached hydrogens (primary N) is 2. The molecule has 3 rings (SSSR count). The molecule has 1 unspecified atom stereocenters. The Morgan fingerprint density at radius 2 is 2.09 bits per heavy atom. The van der Waals surface area contributed by atoms with Crippen LogP contribution >= 0.6 is 0 Å². The molecule has 122 valence electrons. The summed E-state index contributed by atoms with van der Waals surface area (Å²) in [6, 6.07) is 6.32. The number of H-pyrrole nitrogens is 1. The highest BCUT2D eigenvalue weighted by atomic mass is 14.9. The molecule has 2 aromatic heterocycles. The predicted octanol–water partition coefficient (Wildman–Crippen LogP) is 3.71. The van der Waals surface area contributed by atoms with Crippen molar-refractivity contribution in [3.63, 3.8) is 0 Å². The molecular formula is C18H25N5. The van der Waals surface area contributed by atoms with Crippen molar-refractivity contribution in [1.82, 2.24) is 15.0 Å². The van der Waals surface area contributed by atoms with Crippen LogP contribution in [0.2, 0.25) is 0 Å². The lowest BCUT2D eigenvalue weighted by molar-refractivity contribution is 0.550. The van der Waals surface area contributed by atoms with Gasteiger partial charge in [-0.1, -0.05) is 31.9 Å². The Hall–Kier alpha value is -2.14. The van der Waals surface area contributed by atoms with E-state index in [9.17, 15) is 0 Å². The summed E-state index contributed by atoms with van der Waals surface area (Å²) in [5, 5.41) is 1.17. The number of nitrogens with zero attached hydrogens (tertiary/aromatic N) is 2. The highest BCUT2D eigenvalue weighted by Crippen LogP contribution is 2.35. The molecule has 3 aromatic rings. The molecule has 0 amide bonds. The number of hydrogen-bond donors (Lipinski definition) is 3. The molecule has 2 heterocycles. The Morgan fingerprint density at radius 3 is 2.87 bits per heavy atom. The van der Waals surface area contributed by atoms with E-state index in [0.717, 1.165) is 35.9 Å². The molecule has 0 radical (unpaired) electrons. The Kier molecular flexibility index (Phi) is 4.76. The van der Waals surface area contributed by atoms with Crippen LogP contribution in [0.4, 0.5) is 5.82 Å². The Morgan fingerprint density at radius 1 is 1.22 bits per heavy atom. The van der Waals surface area contributed by atoms with Crippen LogP contribution in [0.1, 0.15) is 50.5 Å². The third-order valence-electron chi connectivity index (χ3n) is 4.64. The second-order valence-electron chi connectivity index (χ2n) is 6.11. The average Bonchev–Trinajstić information content (AvgIpc) is 3.05. The molecule has 0 aliphatic heterocycles. The summed E-state index contributed by atoms with van der Waals surface area (Å²) in [7, 11) is 0. The van der Waals surface area contributed by atoms with Gasteiger partial charge in [0.15, 0.2) is 5.82 Å². The van der Waals surface area contributed by atoms with E-state index in [1.807, 2.05) is 6.07 Å². The van der Waals surface area contributed by atoms with Gasteiger partial charge < -0.3 is 16.5 Å². The van der Waals surface area contributed by atoms with Crippen LogP contribution in [0.5, 0.6) is 0 Å². The lowest BCUT2D eigenvalue weighted by atomic mass is 9.88. The Bertz CT molecular complexity index is 793. The molecule has 5 nitrogen and oxygen atoms in total. The number of nitrogen functional groups attached to an aromatic ring is 1. The van der Waals surface area contributed by atoms with E-state index in [-0.39, 0.29) is 0 Å². The van der Waals surface area contributed by atoms with Crippen molar-refractivity contribution in [2.45, 2.75) is 44.9 Å². The van der Waals surface area contributed by atoms with Crippen LogP contribution in [-0.4, -0.2) is 21.5 Å². The van der Waals surface area contributed by atoms with Gasteiger partial charge in [0.05, 0.1) is 17.4 Å². The second-order valence-corrected chi connectivity index (χ2v) is 6.11. The minimum atomic E-state index is 0.488. The maximum Gasteiger partial charge on any atom is 0.152 e. The van der Waals surface area contributed by atoms with Gasteiger partial charge >= 0.3 is 0 Å². The van der Waals surface area contributed by atoms with Crippen LogP contribution in [-0.2, 0) is 0 Å². The van der Waals surface area contributed by atoms with Crippen LogP contribution in [0.3, 0.4) is 0 Å². The molecule has 0 aliphatic carbocycles. The smallest absolute Gasteiger partial charge is 0.152 e. The van der Waals surface area contributed by atoms with E-state index in [0.29, 0.717) is 11.7 Å². The quantitative estimate of drug-likeness (QED) is 0.580. The number of benzene rings is 1. The second kappa shape index (κ2) is 6.96. The lowest BCUT2D eigenvalue weighted by Gasteiger charge is -2.18. The van der Waals surface area contributed by atoms with Gasteiger partial charge in [-0.05, 0) is 43.4 Å². The molecule has 5 heteroatoms. The Labute approximate surface area is 136 Å². The first-order chi connectivity index (χ1) is 11.3. The summed E-state index contributed by atoms with van der Waals surface area (Å²) < 4.78 is 0. The zero-order valence-corrected chi connectivity index (χ0v) is 13.7. The number of fused-ring (bicyclic) bond motifs is 3. The van der Waals surface area contributed by atoms with Gasteiger partial charge in [0.1, 0.15) is 5.52 Å². The van der Waals surface area contributed by atoms with Crippen molar-refractivity contribution in [3.05, 3.63) is 30.1 Å².